The lowest BCUT2D eigenvalue weighted by Gasteiger charge is -2.13. The highest BCUT2D eigenvalue weighted by Crippen LogP contribution is 2.27. The quantitative estimate of drug-likeness (QED) is 0.555. The first-order valence-corrected chi connectivity index (χ1v) is 7.02. The predicted molar refractivity (Wildman–Crippen MR) is 89.6 cm³/mol. The summed E-state index contributed by atoms with van der Waals surface area (Å²) in [5.74, 6) is 0. The van der Waals surface area contributed by atoms with E-state index in [-0.39, 0.29) is 16.5 Å². The molecule has 0 bridgehead atoms. The third kappa shape index (κ3) is 2.63. The molecule has 0 aliphatic rings. The van der Waals surface area contributed by atoms with Crippen LogP contribution in [0.4, 0.5) is 16.2 Å². The number of hydrogen-bond donors (Lipinski definition) is 1. The largest absolute Gasteiger partial charge is 0.350 e. The van der Waals surface area contributed by atoms with Crippen molar-refractivity contribution >= 4 is 28.2 Å². The summed E-state index contributed by atoms with van der Waals surface area (Å²) in [7, 11) is 0. The Hall–Kier alpha value is -3.88. The van der Waals surface area contributed by atoms with Crippen molar-refractivity contribution < 1.29 is 9.72 Å². The number of nitrogens with two attached hydrogens (primary N) is 1. The second-order valence-corrected chi connectivity index (χ2v) is 5.05. The predicted octanol–water partition coefficient (Wildman–Crippen LogP) is 0.745. The fourth-order valence-electron chi connectivity index (χ4n) is 2.45. The number of benzene rings is 2. The molecule has 3 rings (SSSR count). The van der Waals surface area contributed by atoms with E-state index in [1.54, 1.807) is 12.1 Å². The van der Waals surface area contributed by atoms with E-state index >= 15 is 0 Å². The molecule has 9 nitrogen and oxygen atoms in total. The first kappa shape index (κ1) is 16.0. The standard InChI is InChI=1S/C16H10N4O5/c17-16(23)19(11-7-3-4-8-12(11)20(24)25)18-13-14(21)9-5-1-2-6-10(9)15(13)22/h1-8H,(H2,17,23). The topological polar surface area (TPSA) is 136 Å². The molecule has 0 fully saturated rings. The molecule has 0 aliphatic heterocycles. The van der Waals surface area contributed by atoms with E-state index in [4.69, 9.17) is 5.73 Å². The number of rotatable bonds is 3. The zero-order valence-electron chi connectivity index (χ0n) is 12.6. The van der Waals surface area contributed by atoms with E-state index < -0.39 is 32.9 Å². The van der Waals surface area contributed by atoms with Gasteiger partial charge in [-0.25, -0.2) is 4.79 Å². The molecule has 3 aromatic carbocycles. The van der Waals surface area contributed by atoms with Crippen LogP contribution in [0.15, 0.2) is 63.2 Å². The molecule has 9 heteroatoms. The number of nitrogens with zero attached hydrogens (tertiary/aromatic N) is 3. The normalized spacial score (nSPS) is 10.6. The second kappa shape index (κ2) is 5.96. The van der Waals surface area contributed by atoms with Crippen molar-refractivity contribution in [2.45, 2.75) is 0 Å². The number of hydrogen-bond acceptors (Lipinski definition) is 6. The van der Waals surface area contributed by atoms with Gasteiger partial charge in [-0.3, -0.25) is 19.7 Å². The maximum atomic E-state index is 12.4. The third-order valence-electron chi connectivity index (χ3n) is 3.56. The Balaban J connectivity index is 2.32. The summed E-state index contributed by atoms with van der Waals surface area (Å²) in [6.45, 7) is 0. The molecule has 2 N–H and O–H groups in total. The Morgan fingerprint density at radius 3 is 2.04 bits per heavy atom. The van der Waals surface area contributed by atoms with Crippen LogP contribution >= 0.6 is 0 Å². The summed E-state index contributed by atoms with van der Waals surface area (Å²) < 4.78 is 0. The Morgan fingerprint density at radius 2 is 1.52 bits per heavy atom. The van der Waals surface area contributed by atoms with Crippen LogP contribution in [-0.2, 0) is 0 Å². The Morgan fingerprint density at radius 1 is 1.00 bits per heavy atom. The fraction of sp³-hybridized carbons (Fsp3) is 0. The molecule has 0 radical (unpaired) electrons. The molecule has 2 amide bonds. The molecule has 0 saturated carbocycles. The lowest BCUT2D eigenvalue weighted by Crippen LogP contribution is -2.40. The molecule has 0 saturated heterocycles. The molecule has 0 aromatic heterocycles. The molecule has 3 aromatic rings. The van der Waals surface area contributed by atoms with Crippen LogP contribution in [0, 0.1) is 10.1 Å². The van der Waals surface area contributed by atoms with Gasteiger partial charge in [0, 0.05) is 16.8 Å². The van der Waals surface area contributed by atoms with Crippen LogP contribution in [0.1, 0.15) is 0 Å². The van der Waals surface area contributed by atoms with Gasteiger partial charge in [0.2, 0.25) is 10.9 Å². The minimum absolute atomic E-state index is 0.151. The minimum Gasteiger partial charge on any atom is -0.350 e. The summed E-state index contributed by atoms with van der Waals surface area (Å²) in [5.41, 5.74) is 3.21. The van der Waals surface area contributed by atoms with Gasteiger partial charge in [-0.05, 0) is 6.07 Å². The Kier molecular flexibility index (Phi) is 3.82. The molecule has 0 aliphatic carbocycles. The van der Waals surface area contributed by atoms with E-state index in [1.165, 1.54) is 30.3 Å². The SMILES string of the molecule is NC(=O)N(N=c1c(=O)c2ccccc2c1=O)c1ccccc1[N+](=O)[O-]. The maximum absolute atomic E-state index is 12.4. The summed E-state index contributed by atoms with van der Waals surface area (Å²) >= 11 is 0. The van der Waals surface area contributed by atoms with Gasteiger partial charge < -0.3 is 5.73 Å². The molecule has 25 heavy (non-hydrogen) atoms. The summed E-state index contributed by atoms with van der Waals surface area (Å²) in [4.78, 5) is 46.9. The van der Waals surface area contributed by atoms with Crippen LogP contribution in [0.3, 0.4) is 0 Å². The van der Waals surface area contributed by atoms with Crippen molar-refractivity contribution in [3.63, 3.8) is 0 Å². The number of nitro benzene ring substituents is 1. The number of carbonyl (C=O) groups is 1. The first-order valence-electron chi connectivity index (χ1n) is 7.02. The average molecular weight is 338 g/mol. The van der Waals surface area contributed by atoms with Gasteiger partial charge in [0.05, 0.1) is 4.92 Å². The van der Waals surface area contributed by atoms with Crippen LogP contribution in [0.25, 0.3) is 10.8 Å². The zero-order valence-corrected chi connectivity index (χ0v) is 12.6. The summed E-state index contributed by atoms with van der Waals surface area (Å²) in [6, 6.07) is 10.1. The lowest BCUT2D eigenvalue weighted by atomic mass is 10.2. The highest BCUT2D eigenvalue weighted by molar-refractivity contribution is 5.92. The molecule has 0 unspecified atom stereocenters. The number of fused-ring (bicyclic) bond motifs is 1. The van der Waals surface area contributed by atoms with Crippen molar-refractivity contribution in [2.75, 3.05) is 5.01 Å². The van der Waals surface area contributed by atoms with Crippen molar-refractivity contribution in [3.05, 3.63) is 84.4 Å². The fourth-order valence-corrected chi connectivity index (χ4v) is 2.45. The lowest BCUT2D eigenvalue weighted by molar-refractivity contribution is -0.384. The van der Waals surface area contributed by atoms with Gasteiger partial charge in [0.1, 0.15) is 5.69 Å². The van der Waals surface area contributed by atoms with Crippen LogP contribution < -0.4 is 27.0 Å². The van der Waals surface area contributed by atoms with Gasteiger partial charge in [-0.2, -0.15) is 10.1 Å². The number of carbonyl (C=O) groups excluding carboxylic acids is 1. The van der Waals surface area contributed by atoms with E-state index in [9.17, 15) is 24.5 Å². The smallest absolute Gasteiger partial charge is 0.340 e. The number of nitro groups is 1. The average Bonchev–Trinajstić information content (AvgIpc) is 2.84. The zero-order chi connectivity index (χ0) is 18.1. The number of primary amides is 1. The number of urea groups is 1. The Labute approximate surface area is 139 Å². The van der Waals surface area contributed by atoms with Gasteiger partial charge in [0.25, 0.3) is 5.69 Å². The van der Waals surface area contributed by atoms with Crippen molar-refractivity contribution in [2.24, 2.45) is 10.8 Å². The second-order valence-electron chi connectivity index (χ2n) is 5.05. The summed E-state index contributed by atoms with van der Waals surface area (Å²) in [5, 5.41) is 15.1. The van der Waals surface area contributed by atoms with Crippen molar-refractivity contribution in [3.8, 4) is 0 Å². The highest BCUT2D eigenvalue weighted by Gasteiger charge is 2.23. The highest BCUT2D eigenvalue weighted by atomic mass is 16.6. The van der Waals surface area contributed by atoms with Crippen molar-refractivity contribution in [1.82, 2.24) is 0 Å². The monoisotopic (exact) mass is 338 g/mol. The van der Waals surface area contributed by atoms with Crippen molar-refractivity contribution in [1.29, 1.82) is 0 Å². The number of amides is 2. The first-order chi connectivity index (χ1) is 11.9. The maximum Gasteiger partial charge on any atom is 0.340 e. The van der Waals surface area contributed by atoms with Crippen LogP contribution in [-0.4, -0.2) is 11.0 Å². The molecule has 0 spiro atoms. The Bertz CT molecular complexity index is 1110. The number of anilines is 1. The molecular formula is C16H10N4O5. The summed E-state index contributed by atoms with van der Waals surface area (Å²) in [6.07, 6.45) is 0. The number of para-hydroxylation sites is 2. The molecule has 0 heterocycles. The third-order valence-corrected chi connectivity index (χ3v) is 3.56. The minimum atomic E-state index is -1.17. The van der Waals surface area contributed by atoms with E-state index in [1.807, 2.05) is 0 Å². The van der Waals surface area contributed by atoms with Gasteiger partial charge in [-0.15, -0.1) is 0 Å². The van der Waals surface area contributed by atoms with Gasteiger partial charge in [-0.1, -0.05) is 36.4 Å². The molecule has 0 atom stereocenters. The van der Waals surface area contributed by atoms with E-state index in [0.29, 0.717) is 5.01 Å². The van der Waals surface area contributed by atoms with Crippen LogP contribution in [0.5, 0.6) is 0 Å². The van der Waals surface area contributed by atoms with Gasteiger partial charge >= 0.3 is 6.03 Å². The van der Waals surface area contributed by atoms with Crippen LogP contribution in [0.2, 0.25) is 0 Å². The van der Waals surface area contributed by atoms with Gasteiger partial charge in [0.15, 0.2) is 5.36 Å². The van der Waals surface area contributed by atoms with E-state index in [0.717, 1.165) is 6.07 Å². The molecule has 124 valence electrons. The molecular weight excluding hydrogens is 328 g/mol. The van der Waals surface area contributed by atoms with E-state index in [2.05, 4.69) is 5.10 Å².